The molecule has 0 spiro atoms. The quantitative estimate of drug-likeness (QED) is 0.468. The number of ether oxygens (including phenoxy) is 2. The molecule has 0 aliphatic carbocycles. The number of hydrogen-bond donors (Lipinski definition) is 1. The maximum absolute atomic E-state index is 11.7. The van der Waals surface area contributed by atoms with Gasteiger partial charge in [0.25, 0.3) is 0 Å². The molecule has 0 aliphatic heterocycles. The summed E-state index contributed by atoms with van der Waals surface area (Å²) in [5, 5.41) is 0. The van der Waals surface area contributed by atoms with Gasteiger partial charge in [-0.05, 0) is 43.5 Å². The van der Waals surface area contributed by atoms with Crippen LogP contribution in [0.2, 0.25) is 0 Å². The van der Waals surface area contributed by atoms with Crippen LogP contribution in [0.25, 0.3) is 0 Å². The number of esters is 1. The van der Waals surface area contributed by atoms with Gasteiger partial charge in [0.1, 0.15) is 0 Å². The molecule has 0 atom stereocenters. The summed E-state index contributed by atoms with van der Waals surface area (Å²) < 4.78 is 10.0. The van der Waals surface area contributed by atoms with E-state index in [1.54, 1.807) is 19.2 Å². The molecule has 94 valence electrons. The molecule has 0 aromatic heterocycles. The molecule has 0 fully saturated rings. The third-order valence-corrected chi connectivity index (χ3v) is 2.31. The van der Waals surface area contributed by atoms with Crippen molar-refractivity contribution < 1.29 is 14.3 Å². The maximum Gasteiger partial charge on any atom is 0.338 e. The molecule has 1 aromatic rings. The van der Waals surface area contributed by atoms with Crippen LogP contribution in [-0.4, -0.2) is 26.3 Å². The molecule has 0 unspecified atom stereocenters. The van der Waals surface area contributed by atoms with Crippen molar-refractivity contribution in [2.45, 2.75) is 19.8 Å². The molecule has 2 N–H and O–H groups in total. The van der Waals surface area contributed by atoms with Crippen LogP contribution in [0.4, 0.5) is 5.69 Å². The van der Waals surface area contributed by atoms with Gasteiger partial charge in [-0.15, -0.1) is 0 Å². The molecule has 1 aromatic carbocycles. The minimum atomic E-state index is -0.321. The summed E-state index contributed by atoms with van der Waals surface area (Å²) in [6.45, 7) is 3.00. The van der Waals surface area contributed by atoms with E-state index in [9.17, 15) is 4.79 Å². The van der Waals surface area contributed by atoms with Gasteiger partial charge in [0.05, 0.1) is 12.2 Å². The minimum absolute atomic E-state index is 0.321. The highest BCUT2D eigenvalue weighted by molar-refractivity contribution is 5.90. The molecule has 0 saturated heterocycles. The summed E-state index contributed by atoms with van der Waals surface area (Å²) >= 11 is 0. The van der Waals surface area contributed by atoms with Gasteiger partial charge in [-0.25, -0.2) is 4.79 Å². The Kier molecular flexibility index (Phi) is 5.49. The second-order valence-corrected chi connectivity index (χ2v) is 3.97. The first-order valence-electron chi connectivity index (χ1n) is 5.66. The Bertz CT molecular complexity index is 357. The summed E-state index contributed by atoms with van der Waals surface area (Å²) in [4.78, 5) is 11.7. The predicted octanol–water partition coefficient (Wildman–Crippen LogP) is 2.16. The van der Waals surface area contributed by atoms with Gasteiger partial charge < -0.3 is 15.2 Å². The summed E-state index contributed by atoms with van der Waals surface area (Å²) in [6, 6.07) is 5.22. The van der Waals surface area contributed by atoms with Crippen LogP contribution in [0, 0.1) is 6.92 Å². The van der Waals surface area contributed by atoms with Gasteiger partial charge in [-0.2, -0.15) is 0 Å². The van der Waals surface area contributed by atoms with E-state index in [0.29, 0.717) is 24.5 Å². The van der Waals surface area contributed by atoms with E-state index in [1.165, 1.54) is 0 Å². The lowest BCUT2D eigenvalue weighted by Crippen LogP contribution is -2.08. The molecule has 0 amide bonds. The molecule has 1 rings (SSSR count). The van der Waals surface area contributed by atoms with E-state index < -0.39 is 0 Å². The molecule has 0 saturated carbocycles. The molecule has 0 heterocycles. The molecule has 4 heteroatoms. The highest BCUT2D eigenvalue weighted by Gasteiger charge is 2.07. The second kappa shape index (κ2) is 6.91. The maximum atomic E-state index is 11.7. The molecular formula is C13H19NO3. The van der Waals surface area contributed by atoms with Crippen molar-refractivity contribution in [2.75, 3.05) is 26.1 Å². The number of nitrogen functional groups attached to an aromatic ring is 1. The van der Waals surface area contributed by atoms with Crippen molar-refractivity contribution in [3.05, 3.63) is 29.3 Å². The van der Waals surface area contributed by atoms with Crippen molar-refractivity contribution in [2.24, 2.45) is 0 Å². The predicted molar refractivity (Wildman–Crippen MR) is 67.0 cm³/mol. The third-order valence-electron chi connectivity index (χ3n) is 2.31. The lowest BCUT2D eigenvalue weighted by molar-refractivity contribution is 0.0489. The third kappa shape index (κ3) is 4.87. The van der Waals surface area contributed by atoms with Crippen molar-refractivity contribution in [3.63, 3.8) is 0 Å². The smallest absolute Gasteiger partial charge is 0.338 e. The monoisotopic (exact) mass is 237 g/mol. The Balaban J connectivity index is 2.41. The van der Waals surface area contributed by atoms with Gasteiger partial charge in [0.15, 0.2) is 0 Å². The van der Waals surface area contributed by atoms with Crippen LogP contribution < -0.4 is 5.73 Å². The number of carbonyl (C=O) groups excluding carboxylic acids is 1. The van der Waals surface area contributed by atoms with Crippen LogP contribution >= 0.6 is 0 Å². The zero-order chi connectivity index (χ0) is 12.7. The number of anilines is 1. The van der Waals surface area contributed by atoms with Crippen molar-refractivity contribution in [1.29, 1.82) is 0 Å². The number of unbranched alkanes of at least 4 members (excludes halogenated alkanes) is 1. The topological polar surface area (TPSA) is 61.5 Å². The van der Waals surface area contributed by atoms with Gasteiger partial charge >= 0.3 is 5.97 Å². The Morgan fingerprint density at radius 2 is 1.94 bits per heavy atom. The number of rotatable bonds is 6. The molecule has 4 nitrogen and oxygen atoms in total. The lowest BCUT2D eigenvalue weighted by atomic mass is 10.1. The number of aryl methyl sites for hydroxylation is 1. The van der Waals surface area contributed by atoms with Crippen LogP contribution in [0.15, 0.2) is 18.2 Å². The van der Waals surface area contributed by atoms with E-state index >= 15 is 0 Å². The van der Waals surface area contributed by atoms with Gasteiger partial charge in [-0.1, -0.05) is 0 Å². The highest BCUT2D eigenvalue weighted by Crippen LogP contribution is 2.12. The fourth-order valence-electron chi connectivity index (χ4n) is 1.53. The lowest BCUT2D eigenvalue weighted by Gasteiger charge is -2.06. The largest absolute Gasteiger partial charge is 0.462 e. The van der Waals surface area contributed by atoms with Crippen LogP contribution in [0.3, 0.4) is 0 Å². The number of hydrogen-bond acceptors (Lipinski definition) is 4. The first-order valence-corrected chi connectivity index (χ1v) is 5.66. The Morgan fingerprint density at radius 3 is 2.59 bits per heavy atom. The second-order valence-electron chi connectivity index (χ2n) is 3.97. The minimum Gasteiger partial charge on any atom is -0.462 e. The van der Waals surface area contributed by atoms with Crippen LogP contribution in [0.5, 0.6) is 0 Å². The standard InChI is InChI=1S/C13H19NO3/c1-10-7-11(9-12(14)8-10)13(15)17-6-4-3-5-16-2/h7-9H,3-6,14H2,1-2H3. The van der Waals surface area contributed by atoms with Gasteiger partial charge in [0, 0.05) is 19.4 Å². The normalized spacial score (nSPS) is 10.2. The summed E-state index contributed by atoms with van der Waals surface area (Å²) in [7, 11) is 1.65. The van der Waals surface area contributed by atoms with Crippen LogP contribution in [0.1, 0.15) is 28.8 Å². The average Bonchev–Trinajstić information content (AvgIpc) is 2.27. The highest BCUT2D eigenvalue weighted by atomic mass is 16.5. The Hall–Kier alpha value is -1.55. The van der Waals surface area contributed by atoms with Crippen molar-refractivity contribution >= 4 is 11.7 Å². The zero-order valence-electron chi connectivity index (χ0n) is 10.4. The number of nitrogens with two attached hydrogens (primary N) is 1. The van der Waals surface area contributed by atoms with Gasteiger partial charge in [0.2, 0.25) is 0 Å². The molecule has 0 bridgehead atoms. The van der Waals surface area contributed by atoms with E-state index in [-0.39, 0.29) is 5.97 Å². The number of methoxy groups -OCH3 is 1. The average molecular weight is 237 g/mol. The van der Waals surface area contributed by atoms with Gasteiger partial charge in [-0.3, -0.25) is 0 Å². The number of benzene rings is 1. The fraction of sp³-hybridized carbons (Fsp3) is 0.462. The Morgan fingerprint density at radius 1 is 1.24 bits per heavy atom. The van der Waals surface area contributed by atoms with E-state index in [4.69, 9.17) is 15.2 Å². The SMILES string of the molecule is COCCCCOC(=O)c1cc(C)cc(N)c1. The summed E-state index contributed by atoms with van der Waals surface area (Å²) in [5.41, 5.74) is 7.71. The van der Waals surface area contributed by atoms with E-state index in [0.717, 1.165) is 18.4 Å². The van der Waals surface area contributed by atoms with Crippen molar-refractivity contribution in [3.8, 4) is 0 Å². The van der Waals surface area contributed by atoms with E-state index in [1.807, 2.05) is 13.0 Å². The summed E-state index contributed by atoms with van der Waals surface area (Å²) in [5.74, 6) is -0.321. The molecular weight excluding hydrogens is 218 g/mol. The fourth-order valence-corrected chi connectivity index (χ4v) is 1.53. The van der Waals surface area contributed by atoms with Crippen molar-refractivity contribution in [1.82, 2.24) is 0 Å². The number of carbonyl (C=O) groups is 1. The zero-order valence-corrected chi connectivity index (χ0v) is 10.4. The molecule has 17 heavy (non-hydrogen) atoms. The molecule has 0 aliphatic rings. The molecule has 0 radical (unpaired) electrons. The van der Waals surface area contributed by atoms with E-state index in [2.05, 4.69) is 0 Å². The van der Waals surface area contributed by atoms with Crippen LogP contribution in [-0.2, 0) is 9.47 Å². The first-order chi connectivity index (χ1) is 8.13. The Labute approximate surface area is 102 Å². The first kappa shape index (κ1) is 13.5. The summed E-state index contributed by atoms with van der Waals surface area (Å²) in [6.07, 6.45) is 1.70.